The molecule has 146 valence electrons. The van der Waals surface area contributed by atoms with Crippen molar-refractivity contribution in [3.63, 3.8) is 0 Å². The Morgan fingerprint density at radius 3 is 2.85 bits per heavy atom. The number of hydrogen-bond donors (Lipinski definition) is 2. The number of quaternary nitrogens is 1. The van der Waals surface area contributed by atoms with Gasteiger partial charge < -0.3 is 43.6 Å². The molecule has 2 bridgehead atoms. The van der Waals surface area contributed by atoms with Crippen molar-refractivity contribution < 1.29 is 43.1 Å². The first-order valence-electron chi connectivity index (χ1n) is 9.64. The van der Waals surface area contributed by atoms with Crippen LogP contribution in [0.25, 0.3) is 0 Å². The van der Waals surface area contributed by atoms with Crippen LogP contribution in [0.4, 0.5) is 5.69 Å². The highest BCUT2D eigenvalue weighted by Gasteiger charge is 2.69. The predicted molar refractivity (Wildman–Crippen MR) is 98.4 cm³/mol. The molecular weight excluding hydrogens is 455 g/mol. The molecule has 3 aliphatic heterocycles. The third kappa shape index (κ3) is 2.26. The molecule has 0 aromatic heterocycles. The summed E-state index contributed by atoms with van der Waals surface area (Å²) in [6.07, 6.45) is 1.54. The van der Waals surface area contributed by atoms with Crippen LogP contribution >= 0.6 is 0 Å². The van der Waals surface area contributed by atoms with Gasteiger partial charge >= 0.3 is 5.97 Å². The number of benzene rings is 1. The summed E-state index contributed by atoms with van der Waals surface area (Å²) in [5.41, 5.74) is 4.17. The molecule has 0 amide bonds. The van der Waals surface area contributed by atoms with Crippen molar-refractivity contribution in [3.05, 3.63) is 41.1 Å². The molecule has 27 heavy (non-hydrogen) atoms. The lowest BCUT2D eigenvalue weighted by Crippen LogP contribution is -3.00. The maximum absolute atomic E-state index is 12.9. The zero-order chi connectivity index (χ0) is 18.3. The van der Waals surface area contributed by atoms with Crippen molar-refractivity contribution in [2.24, 2.45) is 11.8 Å². The third-order valence-corrected chi connectivity index (χ3v) is 7.74. The molecule has 5 rings (SSSR count). The Hall–Kier alpha value is -1.12. The average Bonchev–Trinajstić information content (AvgIpc) is 3.14. The maximum Gasteiger partial charge on any atom is 0.335 e. The third-order valence-electron chi connectivity index (χ3n) is 7.74. The molecule has 0 saturated carbocycles. The second-order valence-corrected chi connectivity index (χ2v) is 8.82. The number of carbonyl (C=O) groups excluding carboxylic acids is 1. The van der Waals surface area contributed by atoms with Gasteiger partial charge in [0.25, 0.3) is 0 Å². The second kappa shape index (κ2) is 6.19. The summed E-state index contributed by atoms with van der Waals surface area (Å²) < 4.78 is 6.21. The monoisotopic (exact) mass is 482 g/mol. The number of anilines is 1. The van der Waals surface area contributed by atoms with Crippen LogP contribution in [-0.4, -0.2) is 55.0 Å². The largest absolute Gasteiger partial charge is 1.00 e. The van der Waals surface area contributed by atoms with Gasteiger partial charge in [-0.05, 0) is 18.6 Å². The first-order valence-corrected chi connectivity index (χ1v) is 9.64. The highest BCUT2D eigenvalue weighted by molar-refractivity contribution is 5.93. The number of likely N-dealkylation sites (N-methyl/N-ethyl adjacent to an activating group) is 1. The van der Waals surface area contributed by atoms with Gasteiger partial charge in [-0.15, -0.1) is 0 Å². The van der Waals surface area contributed by atoms with E-state index < -0.39 is 6.10 Å². The Bertz CT molecular complexity index is 838. The summed E-state index contributed by atoms with van der Waals surface area (Å²) >= 11 is 0. The van der Waals surface area contributed by atoms with E-state index in [0.29, 0.717) is 6.04 Å². The van der Waals surface area contributed by atoms with E-state index in [1.54, 1.807) is 0 Å². The van der Waals surface area contributed by atoms with Crippen molar-refractivity contribution in [2.75, 3.05) is 32.6 Å². The van der Waals surface area contributed by atoms with Crippen molar-refractivity contribution in [2.45, 2.75) is 37.3 Å². The van der Waals surface area contributed by atoms with Crippen LogP contribution in [0, 0.1) is 11.8 Å². The van der Waals surface area contributed by atoms with Gasteiger partial charge in [0.2, 0.25) is 0 Å². The van der Waals surface area contributed by atoms with Gasteiger partial charge in [-0.2, -0.15) is 0 Å². The number of methoxy groups -OCH3 is 1. The van der Waals surface area contributed by atoms with E-state index in [0.717, 1.165) is 47.4 Å². The molecule has 2 fully saturated rings. The molecule has 6 atom stereocenters. The maximum atomic E-state index is 12.9. The van der Waals surface area contributed by atoms with E-state index in [1.165, 1.54) is 12.7 Å². The Labute approximate surface area is 177 Å². The van der Waals surface area contributed by atoms with E-state index in [-0.39, 0.29) is 47.2 Å². The Morgan fingerprint density at radius 2 is 2.15 bits per heavy atom. The molecule has 6 heteroatoms. The molecule has 5 nitrogen and oxygen atoms in total. The average molecular weight is 482 g/mol. The van der Waals surface area contributed by atoms with Gasteiger partial charge in [0, 0.05) is 36.1 Å². The number of hydrogen-bond acceptors (Lipinski definition) is 4. The summed E-state index contributed by atoms with van der Waals surface area (Å²) in [7, 11) is 3.80. The Morgan fingerprint density at radius 1 is 1.41 bits per heavy atom. The summed E-state index contributed by atoms with van der Waals surface area (Å²) in [5, 5.41) is 14.1. The van der Waals surface area contributed by atoms with Gasteiger partial charge in [0.05, 0.1) is 44.3 Å². The van der Waals surface area contributed by atoms with Gasteiger partial charge in [0.1, 0.15) is 6.04 Å². The Kier molecular flexibility index (Phi) is 4.40. The first-order chi connectivity index (χ1) is 12.4. The molecule has 2 saturated heterocycles. The SMILES string of the molecule is COC(=O)C1=C2Nc3ccccc3[C@@]23CC[N+]2(C)C[C@H]([C@@H](C)O)[C@@H]1C[C@@H]32.[I-]. The highest BCUT2D eigenvalue weighted by Crippen LogP contribution is 2.63. The fraction of sp³-hybridized carbons (Fsp3) is 0.571. The van der Waals surface area contributed by atoms with Crippen molar-refractivity contribution in [1.29, 1.82) is 0 Å². The molecule has 0 radical (unpaired) electrons. The van der Waals surface area contributed by atoms with Crippen LogP contribution in [0.15, 0.2) is 35.5 Å². The van der Waals surface area contributed by atoms with Crippen LogP contribution in [0.5, 0.6) is 0 Å². The van der Waals surface area contributed by atoms with Crippen LogP contribution in [-0.2, 0) is 14.9 Å². The molecular formula is C21H27IN2O3. The first kappa shape index (κ1) is 19.2. The number of rotatable bonds is 2. The van der Waals surface area contributed by atoms with Crippen LogP contribution in [0.2, 0.25) is 0 Å². The summed E-state index contributed by atoms with van der Waals surface area (Å²) in [6, 6.07) is 8.93. The van der Waals surface area contributed by atoms with E-state index in [4.69, 9.17) is 4.74 Å². The van der Waals surface area contributed by atoms with E-state index in [1.807, 2.05) is 13.0 Å². The number of halogens is 1. The topological polar surface area (TPSA) is 58.6 Å². The Balaban J connectivity index is 0.00000180. The zero-order valence-electron chi connectivity index (χ0n) is 16.0. The molecule has 3 heterocycles. The molecule has 1 unspecified atom stereocenters. The number of fused-ring (bicyclic) bond motifs is 2. The molecule has 1 spiro atoms. The fourth-order valence-electron chi connectivity index (χ4n) is 6.63. The minimum atomic E-state index is -0.437. The normalized spacial score (nSPS) is 39.0. The zero-order valence-corrected chi connectivity index (χ0v) is 18.2. The number of esters is 1. The predicted octanol–water partition coefficient (Wildman–Crippen LogP) is -0.970. The minimum Gasteiger partial charge on any atom is -1.00 e. The van der Waals surface area contributed by atoms with Crippen molar-refractivity contribution in [3.8, 4) is 0 Å². The van der Waals surface area contributed by atoms with E-state index >= 15 is 0 Å². The van der Waals surface area contributed by atoms with Crippen LogP contribution < -0.4 is 29.3 Å². The second-order valence-electron chi connectivity index (χ2n) is 8.82. The molecule has 1 aliphatic carbocycles. The molecule has 4 aliphatic rings. The fourth-order valence-corrected chi connectivity index (χ4v) is 6.63. The standard InChI is InChI=1S/C21H26N2O3.HI/c1-12(24)14-11-23(2)9-8-21-15-6-4-5-7-16(15)22-19(21)18(20(25)26-3)13(14)10-17(21)23;/h4-7,12-14,17,24H,8-11H2,1-3H3;1H/t12-,13+,14-,17+,21-,23?;/m1./s1. The number of carbonyl (C=O) groups is 1. The number of nitrogens with one attached hydrogen (secondary N) is 1. The summed E-state index contributed by atoms with van der Waals surface area (Å²) in [5.74, 6) is -0.0991. The van der Waals surface area contributed by atoms with Gasteiger partial charge in [-0.3, -0.25) is 0 Å². The number of para-hydroxylation sites is 1. The van der Waals surface area contributed by atoms with Crippen LogP contribution in [0.1, 0.15) is 25.3 Å². The summed E-state index contributed by atoms with van der Waals surface area (Å²) in [4.78, 5) is 12.9. The van der Waals surface area contributed by atoms with Crippen LogP contribution in [0.3, 0.4) is 0 Å². The smallest absolute Gasteiger partial charge is 0.335 e. The lowest BCUT2D eigenvalue weighted by atomic mass is 9.59. The molecule has 2 N–H and O–H groups in total. The minimum absolute atomic E-state index is 0. The quantitative estimate of drug-likeness (QED) is 0.324. The van der Waals surface area contributed by atoms with Gasteiger partial charge in [-0.25, -0.2) is 4.79 Å². The number of aliphatic hydroxyl groups is 1. The number of aliphatic hydroxyl groups excluding tert-OH is 1. The number of piperidine rings is 1. The summed E-state index contributed by atoms with van der Waals surface area (Å²) in [6.45, 7) is 3.87. The lowest BCUT2D eigenvalue weighted by molar-refractivity contribution is -0.933. The van der Waals surface area contributed by atoms with Crippen molar-refractivity contribution in [1.82, 2.24) is 0 Å². The van der Waals surface area contributed by atoms with Gasteiger partial charge in [0.15, 0.2) is 0 Å². The van der Waals surface area contributed by atoms with E-state index in [2.05, 4.69) is 30.6 Å². The molecule has 1 aromatic carbocycles. The van der Waals surface area contributed by atoms with Gasteiger partial charge in [-0.1, -0.05) is 18.2 Å². The molecule has 1 aromatic rings. The number of ether oxygens (including phenoxy) is 1. The highest BCUT2D eigenvalue weighted by atomic mass is 127. The lowest BCUT2D eigenvalue weighted by Gasteiger charge is -2.54. The van der Waals surface area contributed by atoms with Crippen molar-refractivity contribution >= 4 is 11.7 Å². The number of nitrogens with zero attached hydrogens (tertiary/aromatic N) is 1. The van der Waals surface area contributed by atoms with E-state index in [9.17, 15) is 9.90 Å².